The van der Waals surface area contributed by atoms with Crippen LogP contribution in [0.1, 0.15) is 13.0 Å². The number of hydrogen-bond acceptors (Lipinski definition) is 2. The van der Waals surface area contributed by atoms with Gasteiger partial charge in [0.25, 0.3) is 0 Å². The van der Waals surface area contributed by atoms with Crippen LogP contribution in [-0.4, -0.2) is 10.1 Å². The lowest BCUT2D eigenvalue weighted by molar-refractivity contribution is 0.282. The van der Waals surface area contributed by atoms with E-state index in [-0.39, 0.29) is 14.0 Å². The molecular weight excluding hydrogens is 186 g/mol. The first-order valence-corrected chi connectivity index (χ1v) is 4.51. The Morgan fingerprint density at radius 3 is 2.33 bits per heavy atom. The SMILES string of the molecule is C.OCc1ccccc1-c1ccncc1. The van der Waals surface area contributed by atoms with Crippen molar-refractivity contribution < 1.29 is 5.11 Å². The smallest absolute Gasteiger partial charge is 0.0687 e. The molecule has 2 heteroatoms. The van der Waals surface area contributed by atoms with Gasteiger partial charge in [-0.15, -0.1) is 0 Å². The summed E-state index contributed by atoms with van der Waals surface area (Å²) in [6.07, 6.45) is 3.51. The van der Waals surface area contributed by atoms with E-state index in [1.165, 1.54) is 0 Å². The third-order valence-electron chi connectivity index (χ3n) is 2.18. The van der Waals surface area contributed by atoms with Gasteiger partial charge >= 0.3 is 0 Å². The molecule has 1 aromatic carbocycles. The summed E-state index contributed by atoms with van der Waals surface area (Å²) in [7, 11) is 0. The summed E-state index contributed by atoms with van der Waals surface area (Å²) in [6.45, 7) is 0.0680. The van der Waals surface area contributed by atoms with Crippen LogP contribution in [0.5, 0.6) is 0 Å². The van der Waals surface area contributed by atoms with Crippen molar-refractivity contribution in [2.24, 2.45) is 0 Å². The average molecular weight is 201 g/mol. The fraction of sp³-hybridized carbons (Fsp3) is 0.154. The van der Waals surface area contributed by atoms with Gasteiger partial charge < -0.3 is 5.11 Å². The van der Waals surface area contributed by atoms with E-state index in [9.17, 15) is 0 Å². The standard InChI is InChI=1S/C12H11NO.CH4/c14-9-11-3-1-2-4-12(11)10-5-7-13-8-6-10;/h1-8,14H,9H2;1H4. The fourth-order valence-corrected chi connectivity index (χ4v) is 1.47. The lowest BCUT2D eigenvalue weighted by Gasteiger charge is -2.06. The predicted molar refractivity (Wildman–Crippen MR) is 62.3 cm³/mol. The number of pyridine rings is 1. The van der Waals surface area contributed by atoms with E-state index in [4.69, 9.17) is 5.11 Å². The van der Waals surface area contributed by atoms with Crippen molar-refractivity contribution in [1.82, 2.24) is 4.98 Å². The van der Waals surface area contributed by atoms with Crippen molar-refractivity contribution in [2.45, 2.75) is 14.0 Å². The number of benzene rings is 1. The first-order valence-electron chi connectivity index (χ1n) is 4.51. The molecule has 0 aliphatic rings. The van der Waals surface area contributed by atoms with Gasteiger partial charge in [-0.05, 0) is 28.8 Å². The van der Waals surface area contributed by atoms with Crippen LogP contribution in [-0.2, 0) is 6.61 Å². The van der Waals surface area contributed by atoms with E-state index >= 15 is 0 Å². The number of rotatable bonds is 2. The van der Waals surface area contributed by atoms with Crippen LogP contribution in [0.4, 0.5) is 0 Å². The molecule has 1 aromatic heterocycles. The molecule has 78 valence electrons. The van der Waals surface area contributed by atoms with Crippen LogP contribution in [0.2, 0.25) is 0 Å². The molecule has 0 unspecified atom stereocenters. The lowest BCUT2D eigenvalue weighted by atomic mass is 10.0. The normalized spacial score (nSPS) is 9.40. The van der Waals surface area contributed by atoms with Crippen LogP contribution < -0.4 is 0 Å². The minimum Gasteiger partial charge on any atom is -0.392 e. The van der Waals surface area contributed by atoms with Crippen LogP contribution in [0.15, 0.2) is 48.8 Å². The first kappa shape index (κ1) is 11.4. The number of hydrogen-bond donors (Lipinski definition) is 1. The van der Waals surface area contributed by atoms with E-state index in [0.717, 1.165) is 16.7 Å². The van der Waals surface area contributed by atoms with Gasteiger partial charge in [0, 0.05) is 12.4 Å². The second-order valence-corrected chi connectivity index (χ2v) is 3.05. The van der Waals surface area contributed by atoms with Crippen molar-refractivity contribution >= 4 is 0 Å². The van der Waals surface area contributed by atoms with Gasteiger partial charge in [0.15, 0.2) is 0 Å². The molecule has 2 nitrogen and oxygen atoms in total. The van der Waals surface area contributed by atoms with E-state index in [1.807, 2.05) is 36.4 Å². The highest BCUT2D eigenvalue weighted by molar-refractivity contribution is 5.66. The molecular formula is C13H15NO. The van der Waals surface area contributed by atoms with Crippen molar-refractivity contribution in [1.29, 1.82) is 0 Å². The average Bonchev–Trinajstić information content (AvgIpc) is 2.30. The second-order valence-electron chi connectivity index (χ2n) is 3.05. The third-order valence-corrected chi connectivity index (χ3v) is 2.18. The van der Waals surface area contributed by atoms with Crippen LogP contribution in [0.3, 0.4) is 0 Å². The number of aliphatic hydroxyl groups is 1. The Kier molecular flexibility index (Phi) is 4.01. The zero-order valence-electron chi connectivity index (χ0n) is 7.72. The van der Waals surface area contributed by atoms with Gasteiger partial charge in [0.1, 0.15) is 0 Å². The first-order chi connectivity index (χ1) is 6.92. The van der Waals surface area contributed by atoms with E-state index in [0.29, 0.717) is 0 Å². The highest BCUT2D eigenvalue weighted by Crippen LogP contribution is 2.22. The Bertz CT molecular complexity index is 412. The van der Waals surface area contributed by atoms with Crippen molar-refractivity contribution in [2.75, 3.05) is 0 Å². The lowest BCUT2D eigenvalue weighted by Crippen LogP contribution is -1.88. The van der Waals surface area contributed by atoms with E-state index < -0.39 is 0 Å². The molecule has 0 atom stereocenters. The summed E-state index contributed by atoms with van der Waals surface area (Å²) in [6, 6.07) is 11.7. The minimum atomic E-state index is 0. The maximum atomic E-state index is 9.16. The van der Waals surface area contributed by atoms with E-state index in [2.05, 4.69) is 4.98 Å². The van der Waals surface area contributed by atoms with E-state index in [1.54, 1.807) is 12.4 Å². The molecule has 2 aromatic rings. The number of aromatic nitrogens is 1. The monoisotopic (exact) mass is 201 g/mol. The largest absolute Gasteiger partial charge is 0.392 e. The molecule has 1 N–H and O–H groups in total. The molecule has 0 saturated heterocycles. The fourth-order valence-electron chi connectivity index (χ4n) is 1.47. The molecule has 0 saturated carbocycles. The molecule has 0 bridgehead atoms. The Morgan fingerprint density at radius 2 is 1.67 bits per heavy atom. The van der Waals surface area contributed by atoms with Crippen molar-refractivity contribution in [3.63, 3.8) is 0 Å². The summed E-state index contributed by atoms with van der Waals surface area (Å²) >= 11 is 0. The molecule has 0 radical (unpaired) electrons. The molecule has 1 heterocycles. The topological polar surface area (TPSA) is 33.1 Å². The number of nitrogens with zero attached hydrogens (tertiary/aromatic N) is 1. The summed E-state index contributed by atoms with van der Waals surface area (Å²) in [5.74, 6) is 0. The second kappa shape index (κ2) is 5.27. The summed E-state index contributed by atoms with van der Waals surface area (Å²) < 4.78 is 0. The zero-order chi connectivity index (χ0) is 9.80. The zero-order valence-corrected chi connectivity index (χ0v) is 7.72. The van der Waals surface area contributed by atoms with Gasteiger partial charge in [-0.2, -0.15) is 0 Å². The maximum Gasteiger partial charge on any atom is 0.0687 e. The van der Waals surface area contributed by atoms with Gasteiger partial charge in [-0.1, -0.05) is 31.7 Å². The summed E-state index contributed by atoms with van der Waals surface area (Å²) in [5, 5.41) is 9.16. The minimum absolute atomic E-state index is 0. The maximum absolute atomic E-state index is 9.16. The third kappa shape index (κ3) is 2.42. The molecule has 0 aliphatic heterocycles. The number of aliphatic hydroxyl groups excluding tert-OH is 1. The van der Waals surface area contributed by atoms with Gasteiger partial charge in [-0.25, -0.2) is 0 Å². The predicted octanol–water partition coefficient (Wildman–Crippen LogP) is 2.88. The van der Waals surface area contributed by atoms with Gasteiger partial charge in [-0.3, -0.25) is 4.98 Å². The molecule has 0 fully saturated rings. The molecule has 0 spiro atoms. The Labute approximate surface area is 90.2 Å². The van der Waals surface area contributed by atoms with Crippen molar-refractivity contribution in [3.8, 4) is 11.1 Å². The van der Waals surface area contributed by atoms with Gasteiger partial charge in [0.05, 0.1) is 6.61 Å². The molecule has 0 aliphatic carbocycles. The van der Waals surface area contributed by atoms with Gasteiger partial charge in [0.2, 0.25) is 0 Å². The van der Waals surface area contributed by atoms with Crippen LogP contribution in [0.25, 0.3) is 11.1 Å². The summed E-state index contributed by atoms with van der Waals surface area (Å²) in [4.78, 5) is 3.96. The van der Waals surface area contributed by atoms with Crippen LogP contribution >= 0.6 is 0 Å². The highest BCUT2D eigenvalue weighted by Gasteiger charge is 2.01. The highest BCUT2D eigenvalue weighted by atomic mass is 16.3. The molecule has 0 amide bonds. The molecule has 15 heavy (non-hydrogen) atoms. The van der Waals surface area contributed by atoms with Crippen molar-refractivity contribution in [3.05, 3.63) is 54.4 Å². The quantitative estimate of drug-likeness (QED) is 0.810. The Balaban J connectivity index is 0.00000112. The molecule has 2 rings (SSSR count). The Morgan fingerprint density at radius 1 is 1.00 bits per heavy atom. The summed E-state index contributed by atoms with van der Waals surface area (Å²) in [5.41, 5.74) is 3.10. The van der Waals surface area contributed by atoms with Crippen LogP contribution in [0, 0.1) is 0 Å². The Hall–Kier alpha value is -1.67.